The SMILES string of the molecule is N#Cc1ccc(N(Cc2ccccc2Cl)[C@H]2CCN(Cc3ccncc3)C2)cc1Cl. The van der Waals surface area contributed by atoms with Gasteiger partial charge in [0.2, 0.25) is 0 Å². The molecule has 0 N–H and O–H groups in total. The Morgan fingerprint density at radius 1 is 1.07 bits per heavy atom. The van der Waals surface area contributed by atoms with E-state index in [2.05, 4.69) is 39.1 Å². The van der Waals surface area contributed by atoms with Gasteiger partial charge in [-0.3, -0.25) is 9.88 Å². The number of anilines is 1. The molecule has 1 aliphatic heterocycles. The summed E-state index contributed by atoms with van der Waals surface area (Å²) in [4.78, 5) is 8.93. The average Bonchev–Trinajstić information content (AvgIpc) is 3.22. The molecular weight excluding hydrogens is 415 g/mol. The van der Waals surface area contributed by atoms with Crippen LogP contribution in [0.2, 0.25) is 10.0 Å². The smallest absolute Gasteiger partial charge is 0.101 e. The molecule has 30 heavy (non-hydrogen) atoms. The van der Waals surface area contributed by atoms with E-state index in [1.54, 1.807) is 6.07 Å². The summed E-state index contributed by atoms with van der Waals surface area (Å²) in [5.41, 5.74) is 3.84. The monoisotopic (exact) mass is 436 g/mol. The van der Waals surface area contributed by atoms with Gasteiger partial charge in [-0.1, -0.05) is 41.4 Å². The first-order chi connectivity index (χ1) is 14.6. The third-order valence-electron chi connectivity index (χ3n) is 5.55. The first kappa shape index (κ1) is 20.7. The van der Waals surface area contributed by atoms with Crippen LogP contribution in [0.3, 0.4) is 0 Å². The molecular formula is C24H22Cl2N4. The highest BCUT2D eigenvalue weighted by atomic mass is 35.5. The van der Waals surface area contributed by atoms with Crippen LogP contribution in [0.25, 0.3) is 0 Å². The second kappa shape index (κ2) is 9.49. The average molecular weight is 437 g/mol. The number of nitrogens with zero attached hydrogens (tertiary/aromatic N) is 4. The second-order valence-electron chi connectivity index (χ2n) is 7.53. The van der Waals surface area contributed by atoms with Crippen molar-refractivity contribution in [2.45, 2.75) is 25.6 Å². The van der Waals surface area contributed by atoms with E-state index in [4.69, 9.17) is 23.2 Å². The van der Waals surface area contributed by atoms with Crippen molar-refractivity contribution in [2.75, 3.05) is 18.0 Å². The molecule has 152 valence electrons. The Balaban J connectivity index is 1.58. The van der Waals surface area contributed by atoms with Crippen LogP contribution in [0.1, 0.15) is 23.1 Å². The number of pyridine rings is 1. The molecule has 1 fully saturated rings. The molecule has 0 amide bonds. The fourth-order valence-electron chi connectivity index (χ4n) is 3.97. The first-order valence-electron chi connectivity index (χ1n) is 9.95. The van der Waals surface area contributed by atoms with Crippen LogP contribution in [0.5, 0.6) is 0 Å². The second-order valence-corrected chi connectivity index (χ2v) is 8.34. The van der Waals surface area contributed by atoms with E-state index in [1.165, 1.54) is 5.56 Å². The Bertz CT molecular complexity index is 1050. The summed E-state index contributed by atoms with van der Waals surface area (Å²) >= 11 is 12.8. The van der Waals surface area contributed by atoms with Crippen LogP contribution in [0.4, 0.5) is 5.69 Å². The van der Waals surface area contributed by atoms with Crippen molar-refractivity contribution in [3.8, 4) is 6.07 Å². The van der Waals surface area contributed by atoms with Crippen LogP contribution in [-0.2, 0) is 13.1 Å². The number of nitriles is 1. The summed E-state index contributed by atoms with van der Waals surface area (Å²) in [6.45, 7) is 3.57. The van der Waals surface area contributed by atoms with Crippen molar-refractivity contribution < 1.29 is 0 Å². The van der Waals surface area contributed by atoms with Gasteiger partial charge in [-0.05, 0) is 53.9 Å². The molecule has 1 saturated heterocycles. The van der Waals surface area contributed by atoms with Crippen LogP contribution >= 0.6 is 23.2 Å². The topological polar surface area (TPSA) is 43.2 Å². The summed E-state index contributed by atoms with van der Waals surface area (Å²) < 4.78 is 0. The number of likely N-dealkylation sites (tertiary alicyclic amines) is 1. The van der Waals surface area contributed by atoms with Gasteiger partial charge in [-0.2, -0.15) is 5.26 Å². The summed E-state index contributed by atoms with van der Waals surface area (Å²) in [5.74, 6) is 0. The van der Waals surface area contributed by atoms with E-state index in [0.29, 0.717) is 23.2 Å². The molecule has 0 spiro atoms. The Morgan fingerprint density at radius 2 is 1.87 bits per heavy atom. The molecule has 0 saturated carbocycles. The van der Waals surface area contributed by atoms with Crippen LogP contribution in [-0.4, -0.2) is 29.0 Å². The minimum atomic E-state index is 0.326. The minimum absolute atomic E-state index is 0.326. The van der Waals surface area contributed by atoms with Crippen molar-refractivity contribution >= 4 is 28.9 Å². The molecule has 0 aliphatic carbocycles. The van der Waals surface area contributed by atoms with E-state index in [-0.39, 0.29) is 0 Å². The predicted octanol–water partition coefficient (Wildman–Crippen LogP) is 5.54. The summed E-state index contributed by atoms with van der Waals surface area (Å²) in [6, 6.07) is 20.2. The lowest BCUT2D eigenvalue weighted by molar-refractivity contribution is 0.324. The first-order valence-corrected chi connectivity index (χ1v) is 10.7. The fraction of sp³-hybridized carbons (Fsp3) is 0.250. The highest BCUT2D eigenvalue weighted by Gasteiger charge is 2.29. The Kier molecular flexibility index (Phi) is 6.54. The highest BCUT2D eigenvalue weighted by Crippen LogP contribution is 2.31. The van der Waals surface area contributed by atoms with Gasteiger partial charge in [-0.15, -0.1) is 0 Å². The number of hydrogen-bond donors (Lipinski definition) is 0. The van der Waals surface area contributed by atoms with Crippen molar-refractivity contribution in [3.63, 3.8) is 0 Å². The predicted molar refractivity (Wildman–Crippen MR) is 122 cm³/mol. The van der Waals surface area contributed by atoms with E-state index >= 15 is 0 Å². The van der Waals surface area contributed by atoms with E-state index in [0.717, 1.165) is 42.3 Å². The van der Waals surface area contributed by atoms with Crippen molar-refractivity contribution in [3.05, 3.63) is 93.7 Å². The third-order valence-corrected chi connectivity index (χ3v) is 6.23. The van der Waals surface area contributed by atoms with Gasteiger partial charge in [0.1, 0.15) is 6.07 Å². The van der Waals surface area contributed by atoms with E-state index in [1.807, 2.05) is 42.7 Å². The van der Waals surface area contributed by atoms with Crippen LogP contribution in [0.15, 0.2) is 67.0 Å². The molecule has 0 radical (unpaired) electrons. The lowest BCUT2D eigenvalue weighted by Gasteiger charge is -2.32. The zero-order valence-corrected chi connectivity index (χ0v) is 18.0. The van der Waals surface area contributed by atoms with Crippen LogP contribution in [0, 0.1) is 11.3 Å². The summed E-state index contributed by atoms with van der Waals surface area (Å²) in [6.07, 6.45) is 4.73. The van der Waals surface area contributed by atoms with Gasteiger partial charge in [0.15, 0.2) is 0 Å². The number of benzene rings is 2. The fourth-order valence-corrected chi connectivity index (χ4v) is 4.38. The Morgan fingerprint density at radius 3 is 2.60 bits per heavy atom. The molecule has 3 aromatic rings. The number of halogens is 2. The molecule has 1 aliphatic rings. The lowest BCUT2D eigenvalue weighted by atomic mass is 10.1. The van der Waals surface area contributed by atoms with Gasteiger partial charge in [-0.25, -0.2) is 0 Å². The molecule has 4 nitrogen and oxygen atoms in total. The van der Waals surface area contributed by atoms with Crippen LogP contribution < -0.4 is 4.90 Å². The van der Waals surface area contributed by atoms with Gasteiger partial charge < -0.3 is 4.90 Å². The maximum Gasteiger partial charge on any atom is 0.101 e. The maximum atomic E-state index is 9.23. The number of hydrogen-bond acceptors (Lipinski definition) is 4. The Hall–Kier alpha value is -2.58. The van der Waals surface area contributed by atoms with Crippen molar-refractivity contribution in [2.24, 2.45) is 0 Å². The van der Waals surface area contributed by atoms with Crippen molar-refractivity contribution in [1.82, 2.24) is 9.88 Å². The third kappa shape index (κ3) is 4.76. The molecule has 1 aromatic heterocycles. The molecule has 0 bridgehead atoms. The summed E-state index contributed by atoms with van der Waals surface area (Å²) in [7, 11) is 0. The van der Waals surface area contributed by atoms with E-state index in [9.17, 15) is 5.26 Å². The number of rotatable bonds is 6. The zero-order valence-electron chi connectivity index (χ0n) is 16.5. The van der Waals surface area contributed by atoms with Crippen molar-refractivity contribution in [1.29, 1.82) is 5.26 Å². The standard InChI is InChI=1S/C24H22Cl2N4/c25-23-4-2-1-3-20(23)16-30(21-6-5-19(14-27)24(26)13-21)22-9-12-29(17-22)15-18-7-10-28-11-8-18/h1-8,10-11,13,22H,9,12,15-17H2/t22-/m0/s1. The molecule has 2 aromatic carbocycles. The Labute approximate surface area is 187 Å². The van der Waals surface area contributed by atoms with Gasteiger partial charge in [0.05, 0.1) is 10.6 Å². The molecule has 2 heterocycles. The maximum absolute atomic E-state index is 9.23. The molecule has 0 unspecified atom stereocenters. The van der Waals surface area contributed by atoms with Gasteiger partial charge in [0.25, 0.3) is 0 Å². The molecule has 6 heteroatoms. The molecule has 4 rings (SSSR count). The number of aromatic nitrogens is 1. The van der Waals surface area contributed by atoms with Gasteiger partial charge in [0, 0.05) is 55.3 Å². The van der Waals surface area contributed by atoms with E-state index < -0.39 is 0 Å². The quantitative estimate of drug-likeness (QED) is 0.508. The highest BCUT2D eigenvalue weighted by molar-refractivity contribution is 6.32. The lowest BCUT2D eigenvalue weighted by Crippen LogP contribution is -2.37. The zero-order chi connectivity index (χ0) is 20.9. The normalized spacial score (nSPS) is 16.4. The summed E-state index contributed by atoms with van der Waals surface area (Å²) in [5, 5.41) is 10.5. The molecule has 1 atom stereocenters. The largest absolute Gasteiger partial charge is 0.363 e. The van der Waals surface area contributed by atoms with Gasteiger partial charge >= 0.3 is 0 Å². The minimum Gasteiger partial charge on any atom is -0.363 e.